The minimum atomic E-state index is 0.393. The molecule has 0 saturated heterocycles. The topological polar surface area (TPSA) is 21.3 Å². The van der Waals surface area contributed by atoms with E-state index in [-0.39, 0.29) is 0 Å². The van der Waals surface area contributed by atoms with E-state index >= 15 is 0 Å². The molecule has 0 amide bonds. The minimum Gasteiger partial charge on any atom is -0.380 e. The van der Waals surface area contributed by atoms with Gasteiger partial charge in [0.05, 0.1) is 6.61 Å². The van der Waals surface area contributed by atoms with Crippen LogP contribution in [0.3, 0.4) is 0 Å². The number of hydrogen-bond donors (Lipinski definition) is 1. The third-order valence-electron chi connectivity index (χ3n) is 2.84. The second-order valence-electron chi connectivity index (χ2n) is 4.88. The Morgan fingerprint density at radius 2 is 1.76 bits per heavy atom. The van der Waals surface area contributed by atoms with Crippen molar-refractivity contribution < 1.29 is 4.74 Å². The molecule has 0 fully saturated rings. The van der Waals surface area contributed by atoms with Crippen LogP contribution in [-0.2, 0) is 4.74 Å². The summed E-state index contributed by atoms with van der Waals surface area (Å²) in [5.41, 5.74) is 1.33. The molecule has 0 spiro atoms. The first-order valence-electron chi connectivity index (χ1n) is 6.56. The second-order valence-corrected chi connectivity index (χ2v) is 4.88. The SMILES string of the molecule is CC(C)CCOCCN[C@@H](C)c1ccccc1. The van der Waals surface area contributed by atoms with Crippen molar-refractivity contribution in [3.8, 4) is 0 Å². The molecule has 96 valence electrons. The summed E-state index contributed by atoms with van der Waals surface area (Å²) in [6.07, 6.45) is 1.15. The quantitative estimate of drug-likeness (QED) is 0.697. The number of hydrogen-bond acceptors (Lipinski definition) is 2. The van der Waals surface area contributed by atoms with Crippen LogP contribution < -0.4 is 5.32 Å². The van der Waals surface area contributed by atoms with Crippen LogP contribution in [0.1, 0.15) is 38.8 Å². The van der Waals surface area contributed by atoms with Gasteiger partial charge >= 0.3 is 0 Å². The molecule has 17 heavy (non-hydrogen) atoms. The molecule has 0 aliphatic rings. The first-order valence-corrected chi connectivity index (χ1v) is 6.56. The fourth-order valence-electron chi connectivity index (χ4n) is 1.63. The lowest BCUT2D eigenvalue weighted by atomic mass is 10.1. The van der Waals surface area contributed by atoms with Gasteiger partial charge in [0, 0.05) is 19.2 Å². The maximum Gasteiger partial charge on any atom is 0.0591 e. The van der Waals surface area contributed by atoms with E-state index in [4.69, 9.17) is 4.74 Å². The third kappa shape index (κ3) is 6.44. The van der Waals surface area contributed by atoms with Crippen molar-refractivity contribution in [3.63, 3.8) is 0 Å². The van der Waals surface area contributed by atoms with Crippen LogP contribution in [0.2, 0.25) is 0 Å². The molecule has 0 bridgehead atoms. The number of benzene rings is 1. The molecule has 2 heteroatoms. The minimum absolute atomic E-state index is 0.393. The molecular formula is C15H25NO. The van der Waals surface area contributed by atoms with E-state index < -0.39 is 0 Å². The molecule has 1 rings (SSSR count). The molecule has 0 aliphatic heterocycles. The lowest BCUT2D eigenvalue weighted by molar-refractivity contribution is 0.123. The summed E-state index contributed by atoms with van der Waals surface area (Å²) in [5, 5.41) is 3.46. The van der Waals surface area contributed by atoms with Crippen LogP contribution in [0, 0.1) is 5.92 Å². The molecule has 0 saturated carbocycles. The Labute approximate surface area is 105 Å². The predicted octanol–water partition coefficient (Wildman–Crippen LogP) is 3.40. The molecule has 2 nitrogen and oxygen atoms in total. The van der Waals surface area contributed by atoms with Crippen LogP contribution in [0.25, 0.3) is 0 Å². The fraction of sp³-hybridized carbons (Fsp3) is 0.600. The van der Waals surface area contributed by atoms with Gasteiger partial charge < -0.3 is 10.1 Å². The molecule has 1 aromatic carbocycles. The summed E-state index contributed by atoms with van der Waals surface area (Å²) in [6, 6.07) is 10.9. The molecule has 0 unspecified atom stereocenters. The van der Waals surface area contributed by atoms with E-state index in [0.29, 0.717) is 6.04 Å². The maximum absolute atomic E-state index is 5.57. The highest BCUT2D eigenvalue weighted by atomic mass is 16.5. The Kier molecular flexibility index (Phi) is 6.90. The molecule has 1 aromatic rings. The first-order chi connectivity index (χ1) is 8.20. The van der Waals surface area contributed by atoms with Gasteiger partial charge in [0.25, 0.3) is 0 Å². The summed E-state index contributed by atoms with van der Waals surface area (Å²) in [6.45, 7) is 9.21. The third-order valence-corrected chi connectivity index (χ3v) is 2.84. The average Bonchev–Trinajstić information content (AvgIpc) is 2.34. The Bertz CT molecular complexity index is 284. The van der Waals surface area contributed by atoms with Gasteiger partial charge in [0.2, 0.25) is 0 Å². The van der Waals surface area contributed by atoms with Crippen molar-refractivity contribution in [2.75, 3.05) is 19.8 Å². The fourth-order valence-corrected chi connectivity index (χ4v) is 1.63. The smallest absolute Gasteiger partial charge is 0.0591 e. The Hall–Kier alpha value is -0.860. The Morgan fingerprint density at radius 1 is 1.06 bits per heavy atom. The summed E-state index contributed by atoms with van der Waals surface area (Å²) in [7, 11) is 0. The standard InChI is InChI=1S/C15H25NO/c1-13(2)9-11-17-12-10-16-14(3)15-7-5-4-6-8-15/h4-8,13-14,16H,9-12H2,1-3H3/t14-/m0/s1. The maximum atomic E-state index is 5.57. The van der Waals surface area contributed by atoms with Crippen molar-refractivity contribution in [2.24, 2.45) is 5.92 Å². The monoisotopic (exact) mass is 235 g/mol. The van der Waals surface area contributed by atoms with Gasteiger partial charge in [-0.1, -0.05) is 44.2 Å². The lowest BCUT2D eigenvalue weighted by Crippen LogP contribution is -2.23. The zero-order chi connectivity index (χ0) is 12.5. The zero-order valence-electron chi connectivity index (χ0n) is 11.3. The molecule has 0 heterocycles. The highest BCUT2D eigenvalue weighted by Crippen LogP contribution is 2.10. The first kappa shape index (κ1) is 14.2. The van der Waals surface area contributed by atoms with Gasteiger partial charge in [0.15, 0.2) is 0 Å². The Balaban J connectivity index is 2.07. The van der Waals surface area contributed by atoms with Crippen molar-refractivity contribution in [1.82, 2.24) is 5.32 Å². The summed E-state index contributed by atoms with van der Waals surface area (Å²) >= 11 is 0. The molecular weight excluding hydrogens is 210 g/mol. The number of nitrogens with one attached hydrogen (secondary N) is 1. The highest BCUT2D eigenvalue weighted by Gasteiger charge is 2.02. The number of rotatable bonds is 8. The molecule has 1 N–H and O–H groups in total. The molecule has 0 radical (unpaired) electrons. The molecule has 1 atom stereocenters. The van der Waals surface area contributed by atoms with Crippen molar-refractivity contribution >= 4 is 0 Å². The van der Waals surface area contributed by atoms with Crippen molar-refractivity contribution in [1.29, 1.82) is 0 Å². The van der Waals surface area contributed by atoms with Gasteiger partial charge in [-0.25, -0.2) is 0 Å². The molecule has 0 aliphatic carbocycles. The van der Waals surface area contributed by atoms with Crippen LogP contribution in [0.5, 0.6) is 0 Å². The van der Waals surface area contributed by atoms with Crippen molar-refractivity contribution in [2.45, 2.75) is 33.2 Å². The predicted molar refractivity (Wildman–Crippen MR) is 73.1 cm³/mol. The average molecular weight is 235 g/mol. The van der Waals surface area contributed by atoms with E-state index in [1.165, 1.54) is 5.56 Å². The molecule has 0 aromatic heterocycles. The van der Waals surface area contributed by atoms with Gasteiger partial charge in [-0.05, 0) is 24.8 Å². The summed E-state index contributed by atoms with van der Waals surface area (Å²) in [4.78, 5) is 0. The van der Waals surface area contributed by atoms with Gasteiger partial charge in [-0.2, -0.15) is 0 Å². The van der Waals surface area contributed by atoms with Gasteiger partial charge in [-0.3, -0.25) is 0 Å². The van der Waals surface area contributed by atoms with Crippen LogP contribution in [0.4, 0.5) is 0 Å². The van der Waals surface area contributed by atoms with E-state index in [1.54, 1.807) is 0 Å². The summed E-state index contributed by atoms with van der Waals surface area (Å²) < 4.78 is 5.57. The van der Waals surface area contributed by atoms with E-state index in [9.17, 15) is 0 Å². The van der Waals surface area contributed by atoms with Crippen LogP contribution in [-0.4, -0.2) is 19.8 Å². The zero-order valence-corrected chi connectivity index (χ0v) is 11.3. The summed E-state index contributed by atoms with van der Waals surface area (Å²) in [5.74, 6) is 0.728. The van der Waals surface area contributed by atoms with E-state index in [2.05, 4.69) is 50.4 Å². The Morgan fingerprint density at radius 3 is 2.41 bits per heavy atom. The van der Waals surface area contributed by atoms with Gasteiger partial charge in [-0.15, -0.1) is 0 Å². The van der Waals surface area contributed by atoms with E-state index in [0.717, 1.165) is 32.1 Å². The largest absolute Gasteiger partial charge is 0.380 e. The van der Waals surface area contributed by atoms with Crippen LogP contribution in [0.15, 0.2) is 30.3 Å². The van der Waals surface area contributed by atoms with E-state index in [1.807, 2.05) is 6.07 Å². The van der Waals surface area contributed by atoms with Gasteiger partial charge in [0.1, 0.15) is 0 Å². The highest BCUT2D eigenvalue weighted by molar-refractivity contribution is 5.17. The normalized spacial score (nSPS) is 12.9. The van der Waals surface area contributed by atoms with Crippen molar-refractivity contribution in [3.05, 3.63) is 35.9 Å². The lowest BCUT2D eigenvalue weighted by Gasteiger charge is -2.14. The van der Waals surface area contributed by atoms with Crippen LogP contribution >= 0.6 is 0 Å². The number of ether oxygens (including phenoxy) is 1. The second kappa shape index (κ2) is 8.26.